The standard InChI is InChI=1S/C13H26N4O2S.ClH/c18-20(19,16-7-2-1-3-8-16)17-9-4-13(12-17)15-10-5-14-6-11-15;/h13-14H,1-12H2;1H. The van der Waals surface area contributed by atoms with Crippen molar-refractivity contribution in [1.82, 2.24) is 18.8 Å². The predicted octanol–water partition coefficient (Wildman–Crippen LogP) is 0.118. The van der Waals surface area contributed by atoms with E-state index in [1.807, 2.05) is 0 Å². The normalized spacial score (nSPS) is 30.2. The summed E-state index contributed by atoms with van der Waals surface area (Å²) < 4.78 is 28.7. The van der Waals surface area contributed by atoms with Gasteiger partial charge >= 0.3 is 0 Å². The zero-order valence-electron chi connectivity index (χ0n) is 12.5. The second-order valence-electron chi connectivity index (χ2n) is 6.05. The van der Waals surface area contributed by atoms with Gasteiger partial charge in [0.05, 0.1) is 0 Å². The molecule has 0 aromatic carbocycles. The Balaban J connectivity index is 0.00000161. The van der Waals surface area contributed by atoms with Crippen molar-refractivity contribution >= 4 is 22.6 Å². The number of halogens is 1. The van der Waals surface area contributed by atoms with Gasteiger partial charge in [-0.15, -0.1) is 12.4 Å². The Labute approximate surface area is 134 Å². The molecule has 0 aliphatic carbocycles. The highest BCUT2D eigenvalue weighted by Crippen LogP contribution is 2.23. The summed E-state index contributed by atoms with van der Waals surface area (Å²) in [5, 5.41) is 3.35. The van der Waals surface area contributed by atoms with Crippen LogP contribution in [0.1, 0.15) is 25.7 Å². The summed E-state index contributed by atoms with van der Waals surface area (Å²) in [5.74, 6) is 0. The summed E-state index contributed by atoms with van der Waals surface area (Å²) in [7, 11) is -3.21. The lowest BCUT2D eigenvalue weighted by Crippen LogP contribution is -2.50. The van der Waals surface area contributed by atoms with E-state index >= 15 is 0 Å². The predicted molar refractivity (Wildman–Crippen MR) is 86.0 cm³/mol. The van der Waals surface area contributed by atoms with E-state index in [0.717, 1.165) is 51.9 Å². The van der Waals surface area contributed by atoms with Crippen LogP contribution in [0.2, 0.25) is 0 Å². The number of hydrogen-bond acceptors (Lipinski definition) is 4. The van der Waals surface area contributed by atoms with Crippen LogP contribution in [0.4, 0.5) is 0 Å². The van der Waals surface area contributed by atoms with Gasteiger partial charge in [0.2, 0.25) is 0 Å². The number of rotatable bonds is 3. The number of nitrogens with zero attached hydrogens (tertiary/aromatic N) is 3. The van der Waals surface area contributed by atoms with E-state index < -0.39 is 10.2 Å². The molecule has 3 aliphatic heterocycles. The van der Waals surface area contributed by atoms with Crippen molar-refractivity contribution < 1.29 is 8.42 Å². The van der Waals surface area contributed by atoms with Crippen LogP contribution in [-0.2, 0) is 10.2 Å². The van der Waals surface area contributed by atoms with E-state index in [2.05, 4.69) is 10.2 Å². The van der Waals surface area contributed by atoms with Gasteiger partial charge in [0.25, 0.3) is 10.2 Å². The first-order valence-electron chi connectivity index (χ1n) is 7.88. The van der Waals surface area contributed by atoms with Gasteiger partial charge in [-0.1, -0.05) is 6.42 Å². The van der Waals surface area contributed by atoms with Gasteiger partial charge in [-0.3, -0.25) is 4.90 Å². The molecule has 0 saturated carbocycles. The topological polar surface area (TPSA) is 55.9 Å². The summed E-state index contributed by atoms with van der Waals surface area (Å²) in [5.41, 5.74) is 0. The van der Waals surface area contributed by atoms with Crippen molar-refractivity contribution in [2.24, 2.45) is 0 Å². The molecule has 0 spiro atoms. The van der Waals surface area contributed by atoms with Crippen LogP contribution < -0.4 is 5.32 Å². The van der Waals surface area contributed by atoms with E-state index in [1.54, 1.807) is 8.61 Å². The summed E-state index contributed by atoms with van der Waals surface area (Å²) in [6.45, 7) is 6.91. The Morgan fingerprint density at radius 3 is 2.19 bits per heavy atom. The van der Waals surface area contributed by atoms with E-state index in [9.17, 15) is 8.42 Å². The minimum Gasteiger partial charge on any atom is -0.314 e. The fourth-order valence-electron chi connectivity index (χ4n) is 3.52. The Morgan fingerprint density at radius 2 is 1.52 bits per heavy atom. The van der Waals surface area contributed by atoms with Gasteiger partial charge in [0.15, 0.2) is 0 Å². The monoisotopic (exact) mass is 338 g/mol. The first-order valence-corrected chi connectivity index (χ1v) is 9.27. The SMILES string of the molecule is Cl.O=S(=O)(N1CCCCC1)N1CCC(N2CCNCC2)C1. The zero-order chi connectivity index (χ0) is 14.0. The summed E-state index contributed by atoms with van der Waals surface area (Å²) in [4.78, 5) is 2.45. The number of hydrogen-bond donors (Lipinski definition) is 1. The van der Waals surface area contributed by atoms with E-state index in [4.69, 9.17) is 0 Å². The lowest BCUT2D eigenvalue weighted by atomic mass is 10.2. The molecular weight excluding hydrogens is 312 g/mol. The molecule has 3 heterocycles. The van der Waals surface area contributed by atoms with Crippen molar-refractivity contribution in [3.8, 4) is 0 Å². The van der Waals surface area contributed by atoms with Gasteiger partial charge in [-0.05, 0) is 19.3 Å². The molecule has 1 N–H and O–H groups in total. The van der Waals surface area contributed by atoms with Crippen LogP contribution in [-0.4, -0.2) is 80.3 Å². The molecule has 21 heavy (non-hydrogen) atoms. The molecule has 3 saturated heterocycles. The second kappa shape index (κ2) is 7.57. The minimum atomic E-state index is -3.21. The highest BCUT2D eigenvalue weighted by molar-refractivity contribution is 7.86. The van der Waals surface area contributed by atoms with Crippen LogP contribution in [0.5, 0.6) is 0 Å². The van der Waals surface area contributed by atoms with Crippen LogP contribution in [0.25, 0.3) is 0 Å². The molecule has 1 unspecified atom stereocenters. The molecule has 0 bridgehead atoms. The molecule has 0 amide bonds. The zero-order valence-corrected chi connectivity index (χ0v) is 14.2. The molecule has 3 rings (SSSR count). The van der Waals surface area contributed by atoms with Gasteiger partial charge in [0, 0.05) is 58.4 Å². The minimum absolute atomic E-state index is 0. The number of piperazine rings is 1. The third kappa shape index (κ3) is 3.89. The van der Waals surface area contributed by atoms with E-state index in [-0.39, 0.29) is 12.4 Å². The van der Waals surface area contributed by atoms with Crippen LogP contribution >= 0.6 is 12.4 Å². The van der Waals surface area contributed by atoms with Crippen molar-refractivity contribution in [2.75, 3.05) is 52.4 Å². The Bertz CT molecular complexity index is 422. The average molecular weight is 339 g/mol. The van der Waals surface area contributed by atoms with Crippen LogP contribution in [0.15, 0.2) is 0 Å². The molecule has 3 fully saturated rings. The quantitative estimate of drug-likeness (QED) is 0.794. The summed E-state index contributed by atoms with van der Waals surface area (Å²) in [6, 6.07) is 0.414. The molecule has 0 radical (unpaired) electrons. The molecule has 1 atom stereocenters. The summed E-state index contributed by atoms with van der Waals surface area (Å²) in [6.07, 6.45) is 4.16. The first kappa shape index (κ1) is 17.4. The van der Waals surface area contributed by atoms with Gasteiger partial charge in [-0.2, -0.15) is 17.0 Å². The fourth-order valence-corrected chi connectivity index (χ4v) is 5.27. The highest BCUT2D eigenvalue weighted by Gasteiger charge is 2.37. The smallest absolute Gasteiger partial charge is 0.282 e. The maximum atomic E-state index is 12.6. The van der Waals surface area contributed by atoms with E-state index in [0.29, 0.717) is 32.2 Å². The third-order valence-electron chi connectivity index (χ3n) is 4.76. The van der Waals surface area contributed by atoms with Crippen molar-refractivity contribution in [2.45, 2.75) is 31.7 Å². The van der Waals surface area contributed by atoms with Gasteiger partial charge in [0.1, 0.15) is 0 Å². The first-order chi connectivity index (χ1) is 9.68. The molecule has 0 aromatic rings. The Morgan fingerprint density at radius 1 is 0.857 bits per heavy atom. The molecule has 124 valence electrons. The number of nitrogens with one attached hydrogen (secondary N) is 1. The highest BCUT2D eigenvalue weighted by atomic mass is 35.5. The van der Waals surface area contributed by atoms with E-state index in [1.165, 1.54) is 0 Å². The molecule has 8 heteroatoms. The molecule has 3 aliphatic rings. The maximum Gasteiger partial charge on any atom is 0.282 e. The van der Waals surface area contributed by atoms with Crippen molar-refractivity contribution in [3.63, 3.8) is 0 Å². The third-order valence-corrected chi connectivity index (χ3v) is 6.76. The lowest BCUT2D eigenvalue weighted by Gasteiger charge is -2.33. The Kier molecular flexibility index (Phi) is 6.28. The maximum absolute atomic E-state index is 12.6. The van der Waals surface area contributed by atoms with Crippen LogP contribution in [0, 0.1) is 0 Å². The van der Waals surface area contributed by atoms with Crippen molar-refractivity contribution in [3.05, 3.63) is 0 Å². The largest absolute Gasteiger partial charge is 0.314 e. The fraction of sp³-hybridized carbons (Fsp3) is 1.00. The number of piperidine rings is 1. The summed E-state index contributed by atoms with van der Waals surface area (Å²) >= 11 is 0. The molecule has 0 aromatic heterocycles. The second-order valence-corrected chi connectivity index (χ2v) is 7.98. The van der Waals surface area contributed by atoms with Gasteiger partial charge < -0.3 is 5.32 Å². The van der Waals surface area contributed by atoms with Crippen LogP contribution in [0.3, 0.4) is 0 Å². The lowest BCUT2D eigenvalue weighted by molar-refractivity contribution is 0.178. The molecule has 6 nitrogen and oxygen atoms in total. The Hall–Kier alpha value is 0.0800. The molecular formula is C13H27ClN4O2S. The average Bonchev–Trinajstić information content (AvgIpc) is 3.00. The van der Waals surface area contributed by atoms with Gasteiger partial charge in [-0.25, -0.2) is 0 Å². The van der Waals surface area contributed by atoms with Crippen molar-refractivity contribution in [1.29, 1.82) is 0 Å².